The van der Waals surface area contributed by atoms with Crippen LogP contribution in [0.5, 0.6) is 0 Å². The first kappa shape index (κ1) is 12.1. The highest BCUT2D eigenvalue weighted by Crippen LogP contribution is 2.31. The van der Waals surface area contributed by atoms with E-state index in [1.54, 1.807) is 0 Å². The van der Waals surface area contributed by atoms with Crippen molar-refractivity contribution in [1.29, 1.82) is 0 Å². The van der Waals surface area contributed by atoms with Gasteiger partial charge in [0, 0.05) is 6.42 Å². The van der Waals surface area contributed by atoms with Crippen LogP contribution >= 0.6 is 11.6 Å². The van der Waals surface area contributed by atoms with E-state index in [1.165, 1.54) is 0 Å². The van der Waals surface area contributed by atoms with Crippen LogP contribution in [0.2, 0.25) is 0 Å². The van der Waals surface area contributed by atoms with Gasteiger partial charge in [-0.25, -0.2) is 4.79 Å². The first-order valence-electron chi connectivity index (χ1n) is 6.12. The van der Waals surface area contributed by atoms with Crippen molar-refractivity contribution in [3.05, 3.63) is 57.9 Å². The average molecular weight is 277 g/mol. The fraction of sp³-hybridized carbons (Fsp3) is 0.214. The van der Waals surface area contributed by atoms with Crippen LogP contribution in [-0.2, 0) is 6.42 Å². The van der Waals surface area contributed by atoms with Crippen molar-refractivity contribution in [3.63, 3.8) is 0 Å². The Morgan fingerprint density at radius 2 is 2.00 bits per heavy atom. The SMILES string of the molecule is CCc1ccc(C(Cl)c2ccc3[nH]c(=O)[nH]c3c2)o1. The Morgan fingerprint density at radius 1 is 1.21 bits per heavy atom. The van der Waals surface area contributed by atoms with E-state index in [0.717, 1.165) is 34.5 Å². The Labute approximate surface area is 114 Å². The molecule has 3 aromatic rings. The van der Waals surface area contributed by atoms with Gasteiger partial charge in [-0.3, -0.25) is 0 Å². The lowest BCUT2D eigenvalue weighted by molar-refractivity contribution is 0.474. The van der Waals surface area contributed by atoms with Gasteiger partial charge in [0.1, 0.15) is 16.9 Å². The molecule has 0 aliphatic heterocycles. The van der Waals surface area contributed by atoms with Gasteiger partial charge >= 0.3 is 5.69 Å². The van der Waals surface area contributed by atoms with Crippen LogP contribution in [0.25, 0.3) is 11.0 Å². The summed E-state index contributed by atoms with van der Waals surface area (Å²) in [5, 5.41) is -0.358. The molecule has 98 valence electrons. The van der Waals surface area contributed by atoms with E-state index in [2.05, 4.69) is 9.97 Å². The highest BCUT2D eigenvalue weighted by Gasteiger charge is 2.15. The molecule has 3 rings (SSSR count). The lowest BCUT2D eigenvalue weighted by atomic mass is 10.1. The molecule has 2 N–H and O–H groups in total. The first-order valence-corrected chi connectivity index (χ1v) is 6.55. The van der Waals surface area contributed by atoms with Gasteiger partial charge in [-0.2, -0.15) is 0 Å². The number of furan rings is 1. The molecule has 0 fully saturated rings. The predicted octanol–water partition coefficient (Wildman–Crippen LogP) is 3.34. The van der Waals surface area contributed by atoms with Crippen molar-refractivity contribution in [1.82, 2.24) is 9.97 Å². The van der Waals surface area contributed by atoms with Gasteiger partial charge in [-0.15, -0.1) is 11.6 Å². The Kier molecular flexibility index (Phi) is 2.95. The molecule has 0 saturated carbocycles. The van der Waals surface area contributed by atoms with Crippen LogP contribution < -0.4 is 5.69 Å². The molecule has 1 aromatic carbocycles. The van der Waals surface area contributed by atoms with Crippen molar-refractivity contribution in [2.75, 3.05) is 0 Å². The number of benzene rings is 1. The quantitative estimate of drug-likeness (QED) is 0.721. The molecule has 1 unspecified atom stereocenters. The zero-order valence-corrected chi connectivity index (χ0v) is 11.1. The summed E-state index contributed by atoms with van der Waals surface area (Å²) in [4.78, 5) is 16.6. The number of aryl methyl sites for hydroxylation is 1. The molecule has 0 aliphatic carbocycles. The zero-order chi connectivity index (χ0) is 13.4. The lowest BCUT2D eigenvalue weighted by Crippen LogP contribution is -1.99. The second-order valence-electron chi connectivity index (χ2n) is 4.40. The maximum Gasteiger partial charge on any atom is 0.323 e. The maximum absolute atomic E-state index is 11.2. The van der Waals surface area contributed by atoms with Crippen molar-refractivity contribution in [2.45, 2.75) is 18.7 Å². The summed E-state index contributed by atoms with van der Waals surface area (Å²) in [6.45, 7) is 2.03. The molecule has 0 radical (unpaired) electrons. The number of aromatic amines is 2. The van der Waals surface area contributed by atoms with Gasteiger partial charge in [-0.05, 0) is 29.8 Å². The third kappa shape index (κ3) is 2.19. The monoisotopic (exact) mass is 276 g/mol. The topological polar surface area (TPSA) is 61.8 Å². The minimum absolute atomic E-state index is 0.218. The Bertz CT molecular complexity index is 769. The van der Waals surface area contributed by atoms with Crippen LogP contribution in [0.3, 0.4) is 0 Å². The molecule has 1 atom stereocenters. The number of nitrogens with one attached hydrogen (secondary N) is 2. The van der Waals surface area contributed by atoms with Crippen LogP contribution in [0, 0.1) is 0 Å². The number of hydrogen-bond donors (Lipinski definition) is 2. The smallest absolute Gasteiger partial charge is 0.323 e. The molecule has 0 amide bonds. The number of aromatic nitrogens is 2. The standard InChI is InChI=1S/C14H13ClN2O2/c1-2-9-4-6-12(19-9)13(15)8-3-5-10-11(7-8)17-14(18)16-10/h3-7,13H,2H2,1H3,(H2,16,17,18). The molecular weight excluding hydrogens is 264 g/mol. The van der Waals surface area contributed by atoms with Crippen molar-refractivity contribution in [3.8, 4) is 0 Å². The van der Waals surface area contributed by atoms with Crippen LogP contribution in [-0.4, -0.2) is 9.97 Å². The van der Waals surface area contributed by atoms with E-state index in [9.17, 15) is 4.79 Å². The summed E-state index contributed by atoms with van der Waals surface area (Å²) in [6.07, 6.45) is 0.841. The predicted molar refractivity (Wildman–Crippen MR) is 74.7 cm³/mol. The number of H-pyrrole nitrogens is 2. The van der Waals surface area contributed by atoms with Crippen molar-refractivity contribution >= 4 is 22.6 Å². The van der Waals surface area contributed by atoms with Crippen molar-refractivity contribution in [2.24, 2.45) is 0 Å². The van der Waals surface area contributed by atoms with Gasteiger partial charge < -0.3 is 14.4 Å². The minimum atomic E-state index is -0.358. The van der Waals surface area contributed by atoms with Gasteiger partial charge in [0.15, 0.2) is 0 Å². The number of fused-ring (bicyclic) bond motifs is 1. The van der Waals surface area contributed by atoms with Crippen LogP contribution in [0.15, 0.2) is 39.5 Å². The third-order valence-corrected chi connectivity index (χ3v) is 3.58. The van der Waals surface area contributed by atoms with E-state index in [1.807, 2.05) is 37.3 Å². The summed E-state index contributed by atoms with van der Waals surface area (Å²) < 4.78 is 5.65. The van der Waals surface area contributed by atoms with E-state index < -0.39 is 0 Å². The molecule has 0 spiro atoms. The highest BCUT2D eigenvalue weighted by atomic mass is 35.5. The van der Waals surface area contributed by atoms with E-state index in [-0.39, 0.29) is 11.1 Å². The van der Waals surface area contributed by atoms with Gasteiger partial charge in [0.25, 0.3) is 0 Å². The minimum Gasteiger partial charge on any atom is -0.464 e. The zero-order valence-electron chi connectivity index (χ0n) is 10.4. The van der Waals surface area contributed by atoms with Crippen LogP contribution in [0.4, 0.5) is 0 Å². The Balaban J connectivity index is 2.00. The molecule has 0 saturated heterocycles. The summed E-state index contributed by atoms with van der Waals surface area (Å²) in [6, 6.07) is 9.40. The van der Waals surface area contributed by atoms with Gasteiger partial charge in [0.2, 0.25) is 0 Å². The second-order valence-corrected chi connectivity index (χ2v) is 4.84. The molecule has 2 heterocycles. The van der Waals surface area contributed by atoms with Crippen molar-refractivity contribution < 1.29 is 4.42 Å². The maximum atomic E-state index is 11.2. The molecule has 0 aliphatic rings. The normalized spacial score (nSPS) is 12.9. The third-order valence-electron chi connectivity index (χ3n) is 3.11. The largest absolute Gasteiger partial charge is 0.464 e. The molecular formula is C14H13ClN2O2. The molecule has 5 heteroatoms. The molecule has 0 bridgehead atoms. The van der Waals surface area contributed by atoms with Crippen LogP contribution in [0.1, 0.15) is 29.4 Å². The van der Waals surface area contributed by atoms with E-state index in [4.69, 9.17) is 16.0 Å². The highest BCUT2D eigenvalue weighted by molar-refractivity contribution is 6.22. The number of rotatable bonds is 3. The average Bonchev–Trinajstić information content (AvgIpc) is 3.01. The Hall–Kier alpha value is -1.94. The number of halogens is 1. The molecule has 19 heavy (non-hydrogen) atoms. The van der Waals surface area contributed by atoms with Gasteiger partial charge in [0.05, 0.1) is 11.0 Å². The number of alkyl halides is 1. The fourth-order valence-corrected chi connectivity index (χ4v) is 2.35. The number of imidazole rings is 1. The molecule has 2 aromatic heterocycles. The lowest BCUT2D eigenvalue weighted by Gasteiger charge is -2.06. The summed E-state index contributed by atoms with van der Waals surface area (Å²) in [5.41, 5.74) is 2.19. The number of hydrogen-bond acceptors (Lipinski definition) is 2. The fourth-order valence-electron chi connectivity index (χ4n) is 2.09. The van der Waals surface area contributed by atoms with E-state index >= 15 is 0 Å². The summed E-state index contributed by atoms with van der Waals surface area (Å²) >= 11 is 6.41. The second kappa shape index (κ2) is 4.63. The van der Waals surface area contributed by atoms with Gasteiger partial charge in [-0.1, -0.05) is 13.0 Å². The first-order chi connectivity index (χ1) is 9.17. The molecule has 4 nitrogen and oxygen atoms in total. The van der Waals surface area contributed by atoms with E-state index in [0.29, 0.717) is 0 Å². The Morgan fingerprint density at radius 3 is 2.74 bits per heavy atom. The summed E-state index contributed by atoms with van der Waals surface area (Å²) in [7, 11) is 0. The summed E-state index contributed by atoms with van der Waals surface area (Å²) in [5.74, 6) is 1.63.